The van der Waals surface area contributed by atoms with Crippen LogP contribution in [0.5, 0.6) is 0 Å². The zero-order chi connectivity index (χ0) is 14.4. The van der Waals surface area contributed by atoms with Gasteiger partial charge in [-0.3, -0.25) is 0 Å². The van der Waals surface area contributed by atoms with Crippen LogP contribution in [0.1, 0.15) is 45.6 Å². The van der Waals surface area contributed by atoms with Crippen molar-refractivity contribution in [3.05, 3.63) is 28.2 Å². The molecule has 0 fully saturated rings. The van der Waals surface area contributed by atoms with E-state index >= 15 is 0 Å². The third-order valence-electron chi connectivity index (χ3n) is 3.18. The minimum Gasteiger partial charge on any atom is -0.389 e. The molecule has 19 heavy (non-hydrogen) atoms. The van der Waals surface area contributed by atoms with E-state index in [1.807, 2.05) is 6.07 Å². The third kappa shape index (κ3) is 4.77. The Labute approximate surface area is 130 Å². The second-order valence-electron chi connectivity index (χ2n) is 5.02. The first kappa shape index (κ1) is 16.4. The fraction of sp³-hybridized carbons (Fsp3) is 0.533. The van der Waals surface area contributed by atoms with Gasteiger partial charge in [-0.1, -0.05) is 32.0 Å². The summed E-state index contributed by atoms with van der Waals surface area (Å²) >= 11 is 8.58. The minimum atomic E-state index is 0.431. The smallest absolute Gasteiger partial charge is 0.105 e. The largest absolute Gasteiger partial charge is 0.389 e. The van der Waals surface area contributed by atoms with Crippen LogP contribution in [-0.4, -0.2) is 17.6 Å². The number of nitrogens with two attached hydrogens (primary N) is 1. The van der Waals surface area contributed by atoms with E-state index in [2.05, 4.69) is 53.7 Å². The third-order valence-corrected chi connectivity index (χ3v) is 4.05. The summed E-state index contributed by atoms with van der Waals surface area (Å²) in [6.45, 7) is 7.76. The number of hydrogen-bond acceptors (Lipinski definition) is 2. The van der Waals surface area contributed by atoms with Crippen molar-refractivity contribution in [2.75, 3.05) is 11.4 Å². The number of halogens is 1. The van der Waals surface area contributed by atoms with Crippen LogP contribution in [0, 0.1) is 0 Å². The van der Waals surface area contributed by atoms with Gasteiger partial charge in [0, 0.05) is 28.3 Å². The van der Waals surface area contributed by atoms with Crippen molar-refractivity contribution in [2.45, 2.75) is 46.1 Å². The molecule has 0 aliphatic heterocycles. The number of benzene rings is 1. The highest BCUT2D eigenvalue weighted by Gasteiger charge is 2.12. The van der Waals surface area contributed by atoms with Gasteiger partial charge in [-0.15, -0.1) is 0 Å². The van der Waals surface area contributed by atoms with Crippen molar-refractivity contribution in [3.8, 4) is 0 Å². The van der Waals surface area contributed by atoms with Crippen LogP contribution >= 0.6 is 28.1 Å². The van der Waals surface area contributed by atoms with Crippen LogP contribution in [0.3, 0.4) is 0 Å². The summed E-state index contributed by atoms with van der Waals surface area (Å²) in [6, 6.07) is 6.70. The van der Waals surface area contributed by atoms with E-state index in [1.165, 1.54) is 24.9 Å². The van der Waals surface area contributed by atoms with Crippen molar-refractivity contribution in [1.29, 1.82) is 0 Å². The molecule has 0 saturated heterocycles. The van der Waals surface area contributed by atoms with E-state index in [-0.39, 0.29) is 0 Å². The van der Waals surface area contributed by atoms with Crippen molar-refractivity contribution in [1.82, 2.24) is 0 Å². The monoisotopic (exact) mass is 342 g/mol. The summed E-state index contributed by atoms with van der Waals surface area (Å²) in [5.74, 6) is 0. The lowest BCUT2D eigenvalue weighted by molar-refractivity contribution is 0.626. The Morgan fingerprint density at radius 2 is 2.05 bits per heavy atom. The highest BCUT2D eigenvalue weighted by atomic mass is 79.9. The Kier molecular flexibility index (Phi) is 6.80. The van der Waals surface area contributed by atoms with Gasteiger partial charge in [0.2, 0.25) is 0 Å². The molecule has 0 amide bonds. The van der Waals surface area contributed by atoms with Crippen molar-refractivity contribution in [2.24, 2.45) is 5.73 Å². The Morgan fingerprint density at radius 1 is 1.37 bits per heavy atom. The van der Waals surface area contributed by atoms with Crippen molar-refractivity contribution in [3.63, 3.8) is 0 Å². The Hall–Kier alpha value is -0.610. The standard InChI is InChI=1S/C15H23BrN2S/c1-4-5-6-9-18(11(2)3)12-7-8-13(15(17)19)14(16)10-12/h7-8,10-11H,4-6,9H2,1-3H3,(H2,17,19). The second-order valence-corrected chi connectivity index (χ2v) is 6.32. The Balaban J connectivity index is 2.90. The first-order chi connectivity index (χ1) is 8.97. The Morgan fingerprint density at radius 3 is 2.53 bits per heavy atom. The second kappa shape index (κ2) is 7.85. The van der Waals surface area contributed by atoms with Crippen LogP contribution in [0.4, 0.5) is 5.69 Å². The topological polar surface area (TPSA) is 29.3 Å². The minimum absolute atomic E-state index is 0.431. The molecule has 2 nitrogen and oxygen atoms in total. The zero-order valence-electron chi connectivity index (χ0n) is 11.9. The molecule has 106 valence electrons. The SMILES string of the molecule is CCCCCN(c1ccc(C(N)=S)c(Br)c1)C(C)C. The molecule has 0 unspecified atom stereocenters. The van der Waals surface area contributed by atoms with Gasteiger partial charge in [0.25, 0.3) is 0 Å². The molecule has 1 aromatic carbocycles. The number of thiocarbonyl (C=S) groups is 1. The fourth-order valence-electron chi connectivity index (χ4n) is 2.10. The molecule has 0 radical (unpaired) electrons. The summed E-state index contributed by atoms with van der Waals surface area (Å²) in [7, 11) is 0. The zero-order valence-corrected chi connectivity index (χ0v) is 14.4. The van der Waals surface area contributed by atoms with Gasteiger partial charge in [-0.2, -0.15) is 0 Å². The van der Waals surface area contributed by atoms with Crippen LogP contribution in [0.2, 0.25) is 0 Å². The molecule has 0 heterocycles. The maximum atomic E-state index is 5.69. The lowest BCUT2D eigenvalue weighted by Gasteiger charge is -2.29. The van der Waals surface area contributed by atoms with Crippen molar-refractivity contribution >= 4 is 38.8 Å². The summed E-state index contributed by atoms with van der Waals surface area (Å²) in [5.41, 5.74) is 7.81. The average molecular weight is 343 g/mol. The molecule has 0 spiro atoms. The summed E-state index contributed by atoms with van der Waals surface area (Å²) in [6.07, 6.45) is 3.74. The predicted octanol–water partition coefficient (Wildman–Crippen LogP) is 4.49. The summed E-state index contributed by atoms with van der Waals surface area (Å²) in [4.78, 5) is 2.85. The average Bonchev–Trinajstić information content (AvgIpc) is 2.33. The van der Waals surface area contributed by atoms with Crippen LogP contribution < -0.4 is 10.6 Å². The highest BCUT2D eigenvalue weighted by molar-refractivity contribution is 9.10. The van der Waals surface area contributed by atoms with Gasteiger partial charge in [0.05, 0.1) is 0 Å². The van der Waals surface area contributed by atoms with E-state index in [1.54, 1.807) is 0 Å². The molecule has 0 atom stereocenters. The molecule has 4 heteroatoms. The lowest BCUT2D eigenvalue weighted by atomic mass is 10.1. The van der Waals surface area contributed by atoms with Crippen LogP contribution in [-0.2, 0) is 0 Å². The van der Waals surface area contributed by atoms with Crippen LogP contribution in [0.15, 0.2) is 22.7 Å². The molecule has 2 N–H and O–H groups in total. The van der Waals surface area contributed by atoms with Crippen molar-refractivity contribution < 1.29 is 0 Å². The molecule has 0 saturated carbocycles. The molecule has 0 bridgehead atoms. The molecular weight excluding hydrogens is 320 g/mol. The van der Waals surface area contributed by atoms with Gasteiger partial charge in [0.15, 0.2) is 0 Å². The molecule has 0 aliphatic carbocycles. The summed E-state index contributed by atoms with van der Waals surface area (Å²) in [5, 5.41) is 0. The normalized spacial score (nSPS) is 10.8. The highest BCUT2D eigenvalue weighted by Crippen LogP contribution is 2.26. The van der Waals surface area contributed by atoms with E-state index in [0.29, 0.717) is 11.0 Å². The van der Waals surface area contributed by atoms with Gasteiger partial charge < -0.3 is 10.6 Å². The van der Waals surface area contributed by atoms with E-state index in [4.69, 9.17) is 18.0 Å². The summed E-state index contributed by atoms with van der Waals surface area (Å²) < 4.78 is 0.971. The molecule has 0 aliphatic rings. The first-order valence-electron chi connectivity index (χ1n) is 6.83. The predicted molar refractivity (Wildman–Crippen MR) is 92.0 cm³/mol. The fourth-order valence-corrected chi connectivity index (χ4v) is 2.99. The van der Waals surface area contributed by atoms with Gasteiger partial charge in [-0.25, -0.2) is 0 Å². The molecule has 1 aromatic rings. The number of anilines is 1. The van der Waals surface area contributed by atoms with Gasteiger partial charge in [-0.05, 0) is 54.4 Å². The van der Waals surface area contributed by atoms with E-state index < -0.39 is 0 Å². The van der Waals surface area contributed by atoms with Gasteiger partial charge >= 0.3 is 0 Å². The maximum Gasteiger partial charge on any atom is 0.105 e. The number of rotatable bonds is 7. The van der Waals surface area contributed by atoms with Crippen LogP contribution in [0.25, 0.3) is 0 Å². The van der Waals surface area contributed by atoms with E-state index in [9.17, 15) is 0 Å². The first-order valence-corrected chi connectivity index (χ1v) is 8.03. The Bertz CT molecular complexity index is 432. The number of hydrogen-bond donors (Lipinski definition) is 1. The van der Waals surface area contributed by atoms with E-state index in [0.717, 1.165) is 16.6 Å². The quantitative estimate of drug-likeness (QED) is 0.584. The number of nitrogens with zero attached hydrogens (tertiary/aromatic N) is 1. The molecule has 0 aromatic heterocycles. The van der Waals surface area contributed by atoms with Gasteiger partial charge in [0.1, 0.15) is 4.99 Å². The molecular formula is C15H23BrN2S. The lowest BCUT2D eigenvalue weighted by Crippen LogP contribution is -2.31. The molecule has 1 rings (SSSR count). The number of unbranched alkanes of at least 4 members (excludes halogenated alkanes) is 2. The maximum absolute atomic E-state index is 5.69.